The average molecular weight is 357 g/mol. The maximum Gasteiger partial charge on any atom is 0.290 e. The van der Waals surface area contributed by atoms with Gasteiger partial charge in [0.15, 0.2) is 10.4 Å². The van der Waals surface area contributed by atoms with E-state index in [9.17, 15) is 9.59 Å². The van der Waals surface area contributed by atoms with Gasteiger partial charge >= 0.3 is 0 Å². The van der Waals surface area contributed by atoms with Crippen LogP contribution >= 0.6 is 15.9 Å². The maximum absolute atomic E-state index is 12.6. The molecule has 2 fully saturated rings. The highest BCUT2D eigenvalue weighted by molar-refractivity contribution is 9.10. The van der Waals surface area contributed by atoms with Crippen LogP contribution in [0.1, 0.15) is 23.4 Å². The summed E-state index contributed by atoms with van der Waals surface area (Å²) in [6.45, 7) is 2.93. The van der Waals surface area contributed by atoms with Crippen molar-refractivity contribution in [1.29, 1.82) is 0 Å². The molecule has 0 aliphatic carbocycles. The maximum atomic E-state index is 12.6. The van der Waals surface area contributed by atoms with Crippen molar-refractivity contribution in [3.05, 3.63) is 22.6 Å². The van der Waals surface area contributed by atoms with Crippen LogP contribution in [-0.2, 0) is 9.53 Å². The smallest absolute Gasteiger partial charge is 0.290 e. The minimum Gasteiger partial charge on any atom is -0.444 e. The number of nitrogens with zero attached hydrogens (tertiary/aromatic N) is 2. The van der Waals surface area contributed by atoms with Crippen LogP contribution in [0.2, 0.25) is 0 Å². The third-order valence-corrected chi connectivity index (χ3v) is 4.33. The predicted molar refractivity (Wildman–Crippen MR) is 77.9 cm³/mol. The van der Waals surface area contributed by atoms with Crippen LogP contribution < -0.4 is 0 Å². The number of furan rings is 1. The summed E-state index contributed by atoms with van der Waals surface area (Å²) >= 11 is 3.19. The fraction of sp³-hybridized carbons (Fsp3) is 0.571. The van der Waals surface area contributed by atoms with Crippen molar-refractivity contribution in [2.75, 3.05) is 32.8 Å². The molecule has 2 amide bonds. The molecule has 1 aromatic heterocycles. The zero-order valence-corrected chi connectivity index (χ0v) is 13.2. The van der Waals surface area contributed by atoms with Gasteiger partial charge in [0.05, 0.1) is 13.2 Å². The second-order valence-corrected chi connectivity index (χ2v) is 5.98. The van der Waals surface area contributed by atoms with Gasteiger partial charge in [-0.2, -0.15) is 0 Å². The Bertz CT molecular complexity index is 539. The molecule has 3 heterocycles. The van der Waals surface area contributed by atoms with E-state index in [1.807, 2.05) is 0 Å². The van der Waals surface area contributed by atoms with E-state index >= 15 is 0 Å². The fourth-order valence-corrected chi connectivity index (χ4v) is 3.14. The topological polar surface area (TPSA) is 63.0 Å². The van der Waals surface area contributed by atoms with Crippen LogP contribution in [0.4, 0.5) is 0 Å². The molecule has 0 saturated carbocycles. The van der Waals surface area contributed by atoms with Crippen molar-refractivity contribution in [3.63, 3.8) is 0 Å². The molecule has 0 N–H and O–H groups in total. The minimum atomic E-state index is -0.375. The third kappa shape index (κ3) is 2.98. The van der Waals surface area contributed by atoms with Crippen LogP contribution in [0, 0.1) is 0 Å². The predicted octanol–water partition coefficient (Wildman–Crippen LogP) is 1.51. The van der Waals surface area contributed by atoms with E-state index in [0.29, 0.717) is 43.9 Å². The van der Waals surface area contributed by atoms with Crippen molar-refractivity contribution in [2.24, 2.45) is 0 Å². The first kappa shape index (κ1) is 14.6. The molecule has 1 aromatic rings. The van der Waals surface area contributed by atoms with E-state index in [1.54, 1.807) is 21.9 Å². The van der Waals surface area contributed by atoms with Crippen molar-refractivity contribution in [2.45, 2.75) is 18.9 Å². The molecule has 21 heavy (non-hydrogen) atoms. The molecule has 114 valence electrons. The van der Waals surface area contributed by atoms with Gasteiger partial charge in [-0.1, -0.05) is 0 Å². The van der Waals surface area contributed by atoms with Crippen LogP contribution in [0.15, 0.2) is 21.2 Å². The van der Waals surface area contributed by atoms with Gasteiger partial charge in [-0.25, -0.2) is 0 Å². The van der Waals surface area contributed by atoms with Gasteiger partial charge in [-0.3, -0.25) is 9.59 Å². The Labute approximate surface area is 131 Å². The molecular formula is C14H17BrN2O4. The number of rotatable bonds is 2. The second-order valence-electron chi connectivity index (χ2n) is 5.20. The highest BCUT2D eigenvalue weighted by atomic mass is 79.9. The molecule has 0 bridgehead atoms. The van der Waals surface area contributed by atoms with E-state index in [1.165, 1.54) is 0 Å². The van der Waals surface area contributed by atoms with Crippen LogP contribution in [0.3, 0.4) is 0 Å². The summed E-state index contributed by atoms with van der Waals surface area (Å²) in [7, 11) is 0. The van der Waals surface area contributed by atoms with Gasteiger partial charge in [-0.15, -0.1) is 0 Å². The highest BCUT2D eigenvalue weighted by Gasteiger charge is 2.38. The molecule has 2 aliphatic heterocycles. The number of amides is 2. The molecule has 6 nitrogen and oxygen atoms in total. The lowest BCUT2D eigenvalue weighted by Gasteiger charge is -2.32. The zero-order valence-electron chi connectivity index (χ0n) is 11.6. The Morgan fingerprint density at radius 3 is 2.62 bits per heavy atom. The number of halogens is 1. The molecule has 2 saturated heterocycles. The summed E-state index contributed by atoms with van der Waals surface area (Å²) in [5.41, 5.74) is 0. The zero-order chi connectivity index (χ0) is 14.8. The SMILES string of the molecule is O=C(C1CCCN1C(=O)c1ccc(Br)o1)N1CCOCC1. The van der Waals surface area contributed by atoms with Crippen molar-refractivity contribution >= 4 is 27.7 Å². The van der Waals surface area contributed by atoms with Gasteiger partial charge in [0, 0.05) is 19.6 Å². The van der Waals surface area contributed by atoms with E-state index in [0.717, 1.165) is 6.42 Å². The number of hydrogen-bond acceptors (Lipinski definition) is 4. The van der Waals surface area contributed by atoms with E-state index in [-0.39, 0.29) is 23.6 Å². The molecule has 2 aliphatic rings. The van der Waals surface area contributed by atoms with Crippen LogP contribution in [0.5, 0.6) is 0 Å². The number of morpholine rings is 1. The summed E-state index contributed by atoms with van der Waals surface area (Å²) in [6.07, 6.45) is 1.55. The standard InChI is InChI=1S/C14H17BrN2O4/c15-12-4-3-11(21-12)14(19)17-5-1-2-10(17)13(18)16-6-8-20-9-7-16/h3-4,10H,1-2,5-9H2. The summed E-state index contributed by atoms with van der Waals surface area (Å²) in [4.78, 5) is 28.5. The lowest BCUT2D eigenvalue weighted by Crippen LogP contribution is -2.51. The number of ether oxygens (including phenoxy) is 1. The summed E-state index contributed by atoms with van der Waals surface area (Å²) in [5.74, 6) is 0.0723. The lowest BCUT2D eigenvalue weighted by atomic mass is 10.1. The Hall–Kier alpha value is -1.34. The van der Waals surface area contributed by atoms with Crippen molar-refractivity contribution in [3.8, 4) is 0 Å². The molecule has 1 unspecified atom stereocenters. The molecular weight excluding hydrogens is 340 g/mol. The largest absolute Gasteiger partial charge is 0.444 e. The molecule has 0 spiro atoms. The van der Waals surface area contributed by atoms with E-state index in [2.05, 4.69) is 15.9 Å². The first-order valence-electron chi connectivity index (χ1n) is 7.09. The molecule has 1 atom stereocenters. The van der Waals surface area contributed by atoms with Crippen LogP contribution in [-0.4, -0.2) is 60.5 Å². The monoisotopic (exact) mass is 356 g/mol. The Morgan fingerprint density at radius 2 is 1.95 bits per heavy atom. The molecule has 0 aromatic carbocycles. The van der Waals surface area contributed by atoms with Gasteiger partial charge < -0.3 is 19.0 Å². The van der Waals surface area contributed by atoms with E-state index < -0.39 is 0 Å². The van der Waals surface area contributed by atoms with Crippen LogP contribution in [0.25, 0.3) is 0 Å². The quantitative estimate of drug-likeness (QED) is 0.805. The van der Waals surface area contributed by atoms with Gasteiger partial charge in [0.2, 0.25) is 5.91 Å². The molecule has 0 radical (unpaired) electrons. The highest BCUT2D eigenvalue weighted by Crippen LogP contribution is 2.24. The first-order valence-corrected chi connectivity index (χ1v) is 7.89. The number of carbonyl (C=O) groups excluding carboxylic acids is 2. The minimum absolute atomic E-state index is 0.0229. The summed E-state index contributed by atoms with van der Waals surface area (Å²) < 4.78 is 11.1. The third-order valence-electron chi connectivity index (χ3n) is 3.91. The average Bonchev–Trinajstić information content (AvgIpc) is 3.15. The summed E-state index contributed by atoms with van der Waals surface area (Å²) in [5, 5.41) is 0. The fourth-order valence-electron chi connectivity index (χ4n) is 2.83. The lowest BCUT2D eigenvalue weighted by molar-refractivity contribution is -0.139. The Kier molecular flexibility index (Phi) is 4.30. The second kappa shape index (κ2) is 6.19. The van der Waals surface area contributed by atoms with E-state index in [4.69, 9.17) is 9.15 Å². The van der Waals surface area contributed by atoms with Gasteiger partial charge in [0.1, 0.15) is 6.04 Å². The van der Waals surface area contributed by atoms with Crippen molar-refractivity contribution in [1.82, 2.24) is 9.80 Å². The van der Waals surface area contributed by atoms with Gasteiger partial charge in [-0.05, 0) is 40.9 Å². The number of likely N-dealkylation sites (tertiary alicyclic amines) is 1. The number of carbonyl (C=O) groups is 2. The van der Waals surface area contributed by atoms with Gasteiger partial charge in [0.25, 0.3) is 5.91 Å². The first-order chi connectivity index (χ1) is 10.2. The Balaban J connectivity index is 1.72. The Morgan fingerprint density at radius 1 is 1.19 bits per heavy atom. The molecule has 3 rings (SSSR count). The normalized spacial score (nSPS) is 22.6. The summed E-state index contributed by atoms with van der Waals surface area (Å²) in [6, 6.07) is 2.93. The number of hydrogen-bond donors (Lipinski definition) is 0. The van der Waals surface area contributed by atoms with Crippen molar-refractivity contribution < 1.29 is 18.7 Å². The molecule has 7 heteroatoms.